The van der Waals surface area contributed by atoms with Gasteiger partial charge in [-0.15, -0.1) is 0 Å². The molecule has 0 spiro atoms. The molecular weight excluding hydrogens is 254 g/mol. The first-order chi connectivity index (χ1) is 9.79. The fraction of sp³-hybridized carbons (Fsp3) is 0.450. The van der Waals surface area contributed by atoms with Gasteiger partial charge in [-0.3, -0.25) is 4.98 Å². The minimum Gasteiger partial charge on any atom is -0.256 e. The Bertz CT molecular complexity index is 663. The van der Waals surface area contributed by atoms with E-state index >= 15 is 0 Å². The van der Waals surface area contributed by atoms with E-state index in [1.165, 1.54) is 35.1 Å². The van der Waals surface area contributed by atoms with Crippen molar-refractivity contribution in [2.24, 2.45) is 0 Å². The van der Waals surface area contributed by atoms with E-state index in [1.807, 2.05) is 0 Å². The highest BCUT2D eigenvalue weighted by atomic mass is 14.7. The number of aryl methyl sites for hydroxylation is 1. The van der Waals surface area contributed by atoms with Crippen LogP contribution in [0.2, 0.25) is 0 Å². The Hall–Kier alpha value is -1.63. The average Bonchev–Trinajstić information content (AvgIpc) is 2.45. The Balaban J connectivity index is 2.14. The number of pyridine rings is 1. The fourth-order valence-corrected chi connectivity index (χ4v) is 3.33. The fourth-order valence-electron chi connectivity index (χ4n) is 3.33. The van der Waals surface area contributed by atoms with Gasteiger partial charge in [-0.2, -0.15) is 0 Å². The van der Waals surface area contributed by atoms with Crippen LogP contribution < -0.4 is 0 Å². The van der Waals surface area contributed by atoms with Gasteiger partial charge in [0.05, 0.1) is 5.69 Å². The standard InChI is InChI=1S/C20H25N/c1-14-6-8-15(9-7-14)18-12-16-17(13-21-18)20(4,5)11-10-19(16,2)3/h6-9,12-13H,10-11H2,1-5H3. The van der Waals surface area contributed by atoms with E-state index in [1.54, 1.807) is 0 Å². The smallest absolute Gasteiger partial charge is 0.0705 e. The molecule has 0 unspecified atom stereocenters. The van der Waals surface area contributed by atoms with Crippen LogP contribution in [0, 0.1) is 6.92 Å². The van der Waals surface area contributed by atoms with Gasteiger partial charge < -0.3 is 0 Å². The van der Waals surface area contributed by atoms with Crippen LogP contribution >= 0.6 is 0 Å². The zero-order chi connectivity index (χ0) is 15.3. The normalized spacial score (nSPS) is 19.1. The molecule has 0 amide bonds. The Kier molecular flexibility index (Phi) is 3.20. The number of fused-ring (bicyclic) bond motifs is 1. The summed E-state index contributed by atoms with van der Waals surface area (Å²) in [4.78, 5) is 4.75. The van der Waals surface area contributed by atoms with E-state index in [0.29, 0.717) is 0 Å². The van der Waals surface area contributed by atoms with Gasteiger partial charge in [0.2, 0.25) is 0 Å². The number of nitrogens with zero attached hydrogens (tertiary/aromatic N) is 1. The summed E-state index contributed by atoms with van der Waals surface area (Å²) in [6.07, 6.45) is 4.59. The molecule has 110 valence electrons. The third kappa shape index (κ3) is 2.50. The number of aromatic nitrogens is 1. The number of hydrogen-bond donors (Lipinski definition) is 0. The van der Waals surface area contributed by atoms with Crippen molar-refractivity contribution in [2.45, 2.75) is 58.3 Å². The van der Waals surface area contributed by atoms with Crippen LogP contribution in [0.3, 0.4) is 0 Å². The zero-order valence-electron chi connectivity index (χ0n) is 13.8. The molecule has 1 aliphatic rings. The van der Waals surface area contributed by atoms with Crippen LogP contribution in [0.5, 0.6) is 0 Å². The van der Waals surface area contributed by atoms with Crippen LogP contribution in [-0.2, 0) is 10.8 Å². The largest absolute Gasteiger partial charge is 0.256 e. The maximum atomic E-state index is 4.75. The molecule has 2 aromatic rings. The van der Waals surface area contributed by atoms with Crippen LogP contribution in [-0.4, -0.2) is 4.98 Å². The van der Waals surface area contributed by atoms with E-state index in [9.17, 15) is 0 Å². The highest BCUT2D eigenvalue weighted by Gasteiger charge is 2.37. The molecule has 0 saturated heterocycles. The van der Waals surface area contributed by atoms with Gasteiger partial charge in [0.25, 0.3) is 0 Å². The first kappa shape index (κ1) is 14.3. The van der Waals surface area contributed by atoms with Crippen molar-refractivity contribution in [1.82, 2.24) is 4.98 Å². The minimum atomic E-state index is 0.240. The molecule has 0 radical (unpaired) electrons. The monoisotopic (exact) mass is 279 g/mol. The first-order valence-electron chi connectivity index (χ1n) is 7.88. The van der Waals surface area contributed by atoms with Crippen molar-refractivity contribution in [3.05, 3.63) is 53.2 Å². The molecule has 1 aliphatic carbocycles. The molecule has 1 aromatic heterocycles. The maximum Gasteiger partial charge on any atom is 0.0705 e. The second-order valence-electron chi connectivity index (χ2n) is 7.75. The molecule has 1 heteroatoms. The van der Waals surface area contributed by atoms with Gasteiger partial charge in [-0.1, -0.05) is 57.5 Å². The van der Waals surface area contributed by atoms with Crippen molar-refractivity contribution >= 4 is 0 Å². The molecular formula is C20H25N. The lowest BCUT2D eigenvalue weighted by molar-refractivity contribution is 0.331. The van der Waals surface area contributed by atoms with Crippen molar-refractivity contribution in [3.63, 3.8) is 0 Å². The van der Waals surface area contributed by atoms with Gasteiger partial charge in [-0.25, -0.2) is 0 Å². The summed E-state index contributed by atoms with van der Waals surface area (Å²) in [6.45, 7) is 11.5. The molecule has 0 bridgehead atoms. The lowest BCUT2D eigenvalue weighted by Crippen LogP contribution is -2.34. The third-order valence-electron chi connectivity index (χ3n) is 5.08. The Morgan fingerprint density at radius 2 is 1.43 bits per heavy atom. The van der Waals surface area contributed by atoms with Crippen molar-refractivity contribution < 1.29 is 0 Å². The van der Waals surface area contributed by atoms with Gasteiger partial charge in [0, 0.05) is 11.8 Å². The van der Waals surface area contributed by atoms with Crippen molar-refractivity contribution in [3.8, 4) is 11.3 Å². The Labute approximate surface area is 128 Å². The molecule has 0 N–H and O–H groups in total. The minimum absolute atomic E-state index is 0.240. The molecule has 3 rings (SSSR count). The second-order valence-corrected chi connectivity index (χ2v) is 7.75. The molecule has 0 aliphatic heterocycles. The summed E-state index contributed by atoms with van der Waals surface area (Å²) in [5.74, 6) is 0. The lowest BCUT2D eigenvalue weighted by atomic mass is 9.63. The summed E-state index contributed by atoms with van der Waals surface area (Å²) >= 11 is 0. The van der Waals surface area contributed by atoms with Crippen LogP contribution in [0.1, 0.15) is 57.2 Å². The maximum absolute atomic E-state index is 4.75. The van der Waals surface area contributed by atoms with E-state index in [2.05, 4.69) is 71.1 Å². The number of benzene rings is 1. The van der Waals surface area contributed by atoms with Crippen LogP contribution in [0.25, 0.3) is 11.3 Å². The molecule has 1 nitrogen and oxygen atoms in total. The highest BCUT2D eigenvalue weighted by Crippen LogP contribution is 2.46. The van der Waals surface area contributed by atoms with Crippen molar-refractivity contribution in [2.75, 3.05) is 0 Å². The molecule has 21 heavy (non-hydrogen) atoms. The number of rotatable bonds is 1. The zero-order valence-corrected chi connectivity index (χ0v) is 13.8. The molecule has 1 aromatic carbocycles. The summed E-state index contributed by atoms with van der Waals surface area (Å²) < 4.78 is 0. The van der Waals surface area contributed by atoms with Gasteiger partial charge in [0.15, 0.2) is 0 Å². The van der Waals surface area contributed by atoms with E-state index < -0.39 is 0 Å². The lowest BCUT2D eigenvalue weighted by Gasteiger charge is -2.41. The van der Waals surface area contributed by atoms with Crippen LogP contribution in [0.15, 0.2) is 36.5 Å². The van der Waals surface area contributed by atoms with E-state index in [0.717, 1.165) is 5.69 Å². The molecule has 0 fully saturated rings. The van der Waals surface area contributed by atoms with Gasteiger partial charge in [0.1, 0.15) is 0 Å². The number of hydrogen-bond acceptors (Lipinski definition) is 1. The summed E-state index contributed by atoms with van der Waals surface area (Å²) in [5, 5.41) is 0. The Morgan fingerprint density at radius 3 is 2.05 bits per heavy atom. The SMILES string of the molecule is Cc1ccc(-c2cc3c(cn2)C(C)(C)CCC3(C)C)cc1. The second kappa shape index (κ2) is 4.69. The summed E-state index contributed by atoms with van der Waals surface area (Å²) in [5.41, 5.74) is 6.98. The first-order valence-corrected chi connectivity index (χ1v) is 7.88. The summed E-state index contributed by atoms with van der Waals surface area (Å²) in [7, 11) is 0. The topological polar surface area (TPSA) is 12.9 Å². The predicted molar refractivity (Wildman–Crippen MR) is 89.7 cm³/mol. The summed E-state index contributed by atoms with van der Waals surface area (Å²) in [6, 6.07) is 11.0. The third-order valence-corrected chi connectivity index (χ3v) is 5.08. The molecule has 0 atom stereocenters. The predicted octanol–water partition coefficient (Wildman–Crippen LogP) is 5.41. The van der Waals surface area contributed by atoms with Gasteiger partial charge >= 0.3 is 0 Å². The van der Waals surface area contributed by atoms with E-state index in [-0.39, 0.29) is 10.8 Å². The Morgan fingerprint density at radius 1 is 0.857 bits per heavy atom. The van der Waals surface area contributed by atoms with Crippen LogP contribution in [0.4, 0.5) is 0 Å². The van der Waals surface area contributed by atoms with Crippen molar-refractivity contribution in [1.29, 1.82) is 0 Å². The van der Waals surface area contributed by atoms with E-state index in [4.69, 9.17) is 4.98 Å². The molecule has 1 heterocycles. The van der Waals surface area contributed by atoms with Gasteiger partial charge in [-0.05, 0) is 47.8 Å². The average molecular weight is 279 g/mol. The quantitative estimate of drug-likeness (QED) is 0.680. The highest BCUT2D eigenvalue weighted by molar-refractivity contribution is 5.62. The molecule has 0 saturated carbocycles.